The predicted molar refractivity (Wildman–Crippen MR) is 187 cm³/mol. The van der Waals surface area contributed by atoms with Gasteiger partial charge in [-0.25, -0.2) is 23.7 Å². The van der Waals surface area contributed by atoms with Gasteiger partial charge in [0.25, 0.3) is 0 Å². The smallest absolute Gasteiger partial charge is 0.355 e. The zero-order chi connectivity index (χ0) is 33.7. The third-order valence-corrected chi connectivity index (χ3v) is 9.54. The van der Waals surface area contributed by atoms with Crippen LogP contribution < -0.4 is 15.5 Å². The van der Waals surface area contributed by atoms with Crippen LogP contribution in [-0.2, 0) is 4.79 Å². The van der Waals surface area contributed by atoms with Gasteiger partial charge in [0.05, 0.1) is 27.5 Å². The van der Waals surface area contributed by atoms with Crippen molar-refractivity contribution in [2.45, 2.75) is 71.9 Å². The number of nitrogens with zero attached hydrogens (tertiary/aromatic N) is 7. The fraction of sp³-hybridized carbons (Fsp3) is 0.417. The largest absolute Gasteiger partial charge is 0.356 e. The number of hydrogen-bond donors (Lipinski definition) is 0. The zero-order valence-corrected chi connectivity index (χ0v) is 28.6. The normalized spacial score (nSPS) is 18.3. The standard InChI is InChI=1S/C36H41ClFN7O2/c1-8-30(46)43-18-23(7)44(19-22(43)6)34-26-16-27(37)32(24-12-9-10-13-28(24)38)40-35(26)45(36(47)41-34)33-25(20(2)3)17-29(42-14-11-15-42)39-31(33)21(4)5/h8-10,12-13,16-17,20-23H,1,11,14-15,18-19H2,2-7H3/t22-,23+/m1/s1. The second-order valence-electron chi connectivity index (χ2n) is 13.2. The van der Waals surface area contributed by atoms with Crippen LogP contribution in [0.4, 0.5) is 16.0 Å². The number of aromatic nitrogens is 4. The van der Waals surface area contributed by atoms with Gasteiger partial charge in [-0.15, -0.1) is 0 Å². The Bertz CT molecular complexity index is 1910. The van der Waals surface area contributed by atoms with E-state index in [4.69, 9.17) is 26.6 Å². The molecule has 1 aromatic carbocycles. The Hall–Kier alpha value is -4.31. The fourth-order valence-corrected chi connectivity index (χ4v) is 6.82. The van der Waals surface area contributed by atoms with Crippen LogP contribution in [0.3, 0.4) is 0 Å². The van der Waals surface area contributed by atoms with Crippen molar-refractivity contribution < 1.29 is 9.18 Å². The lowest BCUT2D eigenvalue weighted by Gasteiger charge is -2.44. The third kappa shape index (κ3) is 5.77. The minimum Gasteiger partial charge on any atom is -0.356 e. The molecule has 0 spiro atoms. The summed E-state index contributed by atoms with van der Waals surface area (Å²) in [7, 11) is 0. The van der Waals surface area contributed by atoms with E-state index in [9.17, 15) is 9.59 Å². The number of carbonyl (C=O) groups is 1. The highest BCUT2D eigenvalue weighted by Crippen LogP contribution is 2.39. The minimum absolute atomic E-state index is 0.0277. The molecule has 2 aliphatic heterocycles. The first-order valence-corrected chi connectivity index (χ1v) is 16.7. The van der Waals surface area contributed by atoms with E-state index in [2.05, 4.69) is 45.2 Å². The molecule has 0 unspecified atom stereocenters. The first kappa shape index (κ1) is 32.6. The van der Waals surface area contributed by atoms with Gasteiger partial charge in [-0.2, -0.15) is 4.98 Å². The van der Waals surface area contributed by atoms with Gasteiger partial charge >= 0.3 is 5.69 Å². The number of hydrogen-bond acceptors (Lipinski definition) is 7. The molecule has 0 N–H and O–H groups in total. The Morgan fingerprint density at radius 3 is 2.36 bits per heavy atom. The average molecular weight is 658 g/mol. The van der Waals surface area contributed by atoms with Gasteiger partial charge in [-0.05, 0) is 68.0 Å². The van der Waals surface area contributed by atoms with Crippen molar-refractivity contribution in [1.82, 2.24) is 24.4 Å². The Morgan fingerprint density at radius 1 is 1.02 bits per heavy atom. The number of carbonyl (C=O) groups excluding carboxylic acids is 1. The van der Waals surface area contributed by atoms with Gasteiger partial charge in [-0.1, -0.05) is 58.0 Å². The monoisotopic (exact) mass is 657 g/mol. The first-order valence-electron chi connectivity index (χ1n) is 16.3. The van der Waals surface area contributed by atoms with Crippen molar-refractivity contribution in [3.63, 3.8) is 0 Å². The average Bonchev–Trinajstić information content (AvgIpc) is 3.00. The van der Waals surface area contributed by atoms with Crippen molar-refractivity contribution in [1.29, 1.82) is 0 Å². The Kier molecular flexibility index (Phi) is 8.82. The van der Waals surface area contributed by atoms with Crippen LogP contribution in [0, 0.1) is 5.82 Å². The Balaban J connectivity index is 1.67. The maximum Gasteiger partial charge on any atom is 0.355 e. The van der Waals surface area contributed by atoms with Crippen LogP contribution in [-0.4, -0.2) is 68.6 Å². The molecule has 2 fully saturated rings. The van der Waals surface area contributed by atoms with Crippen molar-refractivity contribution in [2.24, 2.45) is 0 Å². The van der Waals surface area contributed by atoms with Gasteiger partial charge < -0.3 is 14.7 Å². The van der Waals surface area contributed by atoms with E-state index in [1.807, 2.05) is 18.7 Å². The summed E-state index contributed by atoms with van der Waals surface area (Å²) in [6, 6.07) is 9.78. The molecular formula is C36H41ClFN7O2. The van der Waals surface area contributed by atoms with E-state index in [1.165, 1.54) is 12.1 Å². The molecule has 2 atom stereocenters. The van der Waals surface area contributed by atoms with Crippen molar-refractivity contribution >= 4 is 40.2 Å². The van der Waals surface area contributed by atoms with Crippen LogP contribution >= 0.6 is 11.6 Å². The molecule has 47 heavy (non-hydrogen) atoms. The SMILES string of the molecule is C=CC(=O)N1C[C@H](C)N(c2nc(=O)n(-c3c(C(C)C)cc(N4CCC4)nc3C(C)C)c3nc(-c4ccccc4F)c(Cl)cc23)C[C@H]1C. The van der Waals surface area contributed by atoms with Crippen molar-refractivity contribution in [3.05, 3.63) is 81.6 Å². The summed E-state index contributed by atoms with van der Waals surface area (Å²) in [5, 5.41) is 0.782. The lowest BCUT2D eigenvalue weighted by atomic mass is 9.96. The zero-order valence-electron chi connectivity index (χ0n) is 27.8. The number of anilines is 2. The highest BCUT2D eigenvalue weighted by atomic mass is 35.5. The van der Waals surface area contributed by atoms with Gasteiger partial charge in [0.1, 0.15) is 17.5 Å². The predicted octanol–water partition coefficient (Wildman–Crippen LogP) is 6.70. The van der Waals surface area contributed by atoms with E-state index >= 15 is 4.39 Å². The van der Waals surface area contributed by atoms with Gasteiger partial charge in [0.15, 0.2) is 5.65 Å². The first-order chi connectivity index (χ1) is 22.4. The second kappa shape index (κ2) is 12.7. The Labute approximate surface area is 279 Å². The number of rotatable bonds is 7. The van der Waals surface area contributed by atoms with Crippen molar-refractivity contribution in [3.8, 4) is 16.9 Å². The molecule has 9 nitrogen and oxygen atoms in total. The number of piperazine rings is 1. The molecule has 0 saturated carbocycles. The topological polar surface area (TPSA) is 87.5 Å². The van der Waals surface area contributed by atoms with Crippen LogP contribution in [0.2, 0.25) is 5.02 Å². The van der Waals surface area contributed by atoms with Gasteiger partial charge in [0.2, 0.25) is 5.91 Å². The maximum absolute atomic E-state index is 15.2. The van der Waals surface area contributed by atoms with E-state index in [1.54, 1.807) is 33.7 Å². The minimum atomic E-state index is -0.520. The molecule has 246 valence electrons. The van der Waals surface area contributed by atoms with E-state index in [0.717, 1.165) is 36.6 Å². The molecule has 2 saturated heterocycles. The molecule has 4 aromatic rings. The highest BCUT2D eigenvalue weighted by molar-refractivity contribution is 6.33. The van der Waals surface area contributed by atoms with Crippen LogP contribution in [0.1, 0.15) is 71.1 Å². The summed E-state index contributed by atoms with van der Waals surface area (Å²) in [6.45, 7) is 18.7. The molecular weight excluding hydrogens is 617 g/mol. The molecule has 11 heteroatoms. The third-order valence-electron chi connectivity index (χ3n) is 9.25. The summed E-state index contributed by atoms with van der Waals surface area (Å²) in [5.74, 6) is 0.714. The van der Waals surface area contributed by atoms with E-state index < -0.39 is 11.5 Å². The summed E-state index contributed by atoms with van der Waals surface area (Å²) in [6.07, 6.45) is 2.44. The highest BCUT2D eigenvalue weighted by Gasteiger charge is 2.34. The van der Waals surface area contributed by atoms with Crippen LogP contribution in [0.15, 0.2) is 53.8 Å². The van der Waals surface area contributed by atoms with Gasteiger partial charge in [-0.3, -0.25) is 4.79 Å². The molecule has 2 aliphatic rings. The fourth-order valence-electron chi connectivity index (χ4n) is 6.57. The molecule has 6 rings (SSSR count). The summed E-state index contributed by atoms with van der Waals surface area (Å²) < 4.78 is 16.8. The number of fused-ring (bicyclic) bond motifs is 1. The van der Waals surface area contributed by atoms with E-state index in [-0.39, 0.29) is 46.1 Å². The molecule has 0 radical (unpaired) electrons. The van der Waals surface area contributed by atoms with Gasteiger partial charge in [0, 0.05) is 43.8 Å². The molecule has 0 aliphatic carbocycles. The number of pyridine rings is 2. The molecule has 5 heterocycles. The van der Waals surface area contributed by atoms with Crippen LogP contribution in [0.5, 0.6) is 0 Å². The number of benzene rings is 1. The van der Waals surface area contributed by atoms with E-state index in [0.29, 0.717) is 35.6 Å². The lowest BCUT2D eigenvalue weighted by molar-refractivity contribution is -0.128. The number of halogens is 2. The quantitative estimate of drug-likeness (QED) is 0.204. The lowest BCUT2D eigenvalue weighted by Crippen LogP contribution is -2.58. The molecule has 3 aromatic heterocycles. The second-order valence-corrected chi connectivity index (χ2v) is 13.6. The summed E-state index contributed by atoms with van der Waals surface area (Å²) >= 11 is 6.90. The van der Waals surface area contributed by atoms with Crippen molar-refractivity contribution in [2.75, 3.05) is 36.0 Å². The maximum atomic E-state index is 15.2. The van der Waals surface area contributed by atoms with Crippen LogP contribution in [0.25, 0.3) is 28.0 Å². The summed E-state index contributed by atoms with van der Waals surface area (Å²) in [5.41, 5.74) is 2.61. The number of amides is 1. The molecule has 1 amide bonds. The summed E-state index contributed by atoms with van der Waals surface area (Å²) in [4.78, 5) is 48.0. The Morgan fingerprint density at radius 2 is 1.74 bits per heavy atom. The molecule has 0 bridgehead atoms.